The van der Waals surface area contributed by atoms with Crippen LogP contribution >= 0.6 is 0 Å². The molecule has 10 heteroatoms. The molecule has 0 aliphatic heterocycles. The van der Waals surface area contributed by atoms with E-state index < -0.39 is 30.4 Å². The normalized spacial score (nSPS) is 10.2. The number of urea groups is 1. The van der Waals surface area contributed by atoms with E-state index in [0.29, 0.717) is 17.0 Å². The van der Waals surface area contributed by atoms with Crippen molar-refractivity contribution in [1.82, 2.24) is 10.6 Å². The highest BCUT2D eigenvalue weighted by Crippen LogP contribution is 2.19. The van der Waals surface area contributed by atoms with Gasteiger partial charge in [-0.05, 0) is 48.9 Å². The molecule has 0 saturated heterocycles. The van der Waals surface area contributed by atoms with E-state index in [2.05, 4.69) is 10.6 Å². The Hall–Kier alpha value is -4.34. The molecule has 10 nitrogen and oxygen atoms in total. The first-order valence-corrected chi connectivity index (χ1v) is 9.15. The molecule has 3 N–H and O–H groups in total. The SMILES string of the molecule is Cc1ccc(C(=O)OCC(=O)NC(=O)NCc2ccco2)cc1NC(=O)c1ccco1. The van der Waals surface area contributed by atoms with E-state index in [1.165, 1.54) is 30.7 Å². The number of imide groups is 1. The number of furan rings is 2. The largest absolute Gasteiger partial charge is 0.467 e. The third kappa shape index (κ3) is 6.07. The van der Waals surface area contributed by atoms with Gasteiger partial charge in [-0.3, -0.25) is 14.9 Å². The van der Waals surface area contributed by atoms with Gasteiger partial charge in [0, 0.05) is 5.69 Å². The van der Waals surface area contributed by atoms with Gasteiger partial charge in [-0.2, -0.15) is 0 Å². The van der Waals surface area contributed by atoms with Crippen LogP contribution in [0.2, 0.25) is 0 Å². The molecule has 2 aromatic heterocycles. The van der Waals surface area contributed by atoms with E-state index in [1.54, 1.807) is 31.2 Å². The van der Waals surface area contributed by atoms with Gasteiger partial charge in [0.25, 0.3) is 11.8 Å². The number of hydrogen-bond donors (Lipinski definition) is 3. The minimum Gasteiger partial charge on any atom is -0.467 e. The van der Waals surface area contributed by atoms with Gasteiger partial charge < -0.3 is 24.2 Å². The number of rotatable bonds is 7. The maximum atomic E-state index is 12.2. The number of benzene rings is 1. The monoisotopic (exact) mass is 425 g/mol. The summed E-state index contributed by atoms with van der Waals surface area (Å²) in [7, 11) is 0. The Labute approximate surface area is 176 Å². The van der Waals surface area contributed by atoms with Gasteiger partial charge in [-0.25, -0.2) is 9.59 Å². The third-order valence-electron chi connectivity index (χ3n) is 4.06. The lowest BCUT2D eigenvalue weighted by atomic mass is 10.1. The summed E-state index contributed by atoms with van der Waals surface area (Å²) in [5.74, 6) is -1.43. The van der Waals surface area contributed by atoms with E-state index in [0.717, 1.165) is 0 Å². The maximum Gasteiger partial charge on any atom is 0.338 e. The number of carbonyl (C=O) groups excluding carboxylic acids is 4. The minimum absolute atomic E-state index is 0.0990. The van der Waals surface area contributed by atoms with Crippen molar-refractivity contribution in [3.8, 4) is 0 Å². The highest BCUT2D eigenvalue weighted by molar-refractivity contribution is 6.03. The van der Waals surface area contributed by atoms with Gasteiger partial charge in [-0.1, -0.05) is 6.07 Å². The van der Waals surface area contributed by atoms with E-state index in [-0.39, 0.29) is 17.9 Å². The Bertz CT molecular complexity index is 1070. The lowest BCUT2D eigenvalue weighted by molar-refractivity contribution is -0.123. The molecule has 160 valence electrons. The average molecular weight is 425 g/mol. The summed E-state index contributed by atoms with van der Waals surface area (Å²) < 4.78 is 15.0. The molecule has 31 heavy (non-hydrogen) atoms. The van der Waals surface area contributed by atoms with Crippen LogP contribution in [0.5, 0.6) is 0 Å². The third-order valence-corrected chi connectivity index (χ3v) is 4.06. The molecule has 3 rings (SSSR count). The lowest BCUT2D eigenvalue weighted by Gasteiger charge is -2.10. The number of nitrogens with one attached hydrogen (secondary N) is 3. The second kappa shape index (κ2) is 9.92. The molecule has 0 radical (unpaired) electrons. The molecular weight excluding hydrogens is 406 g/mol. The first-order valence-electron chi connectivity index (χ1n) is 9.15. The fourth-order valence-electron chi connectivity index (χ4n) is 2.48. The summed E-state index contributed by atoms with van der Waals surface area (Å²) in [5, 5.41) is 7.11. The highest BCUT2D eigenvalue weighted by atomic mass is 16.5. The molecule has 3 aromatic rings. The Morgan fingerprint density at radius 1 is 1.00 bits per heavy atom. The number of ether oxygens (including phenoxy) is 1. The minimum atomic E-state index is -0.802. The van der Waals surface area contributed by atoms with Crippen LogP contribution in [0, 0.1) is 6.92 Å². The molecule has 0 bridgehead atoms. The average Bonchev–Trinajstić information content (AvgIpc) is 3.46. The molecule has 0 fully saturated rings. The van der Waals surface area contributed by atoms with Crippen LogP contribution in [0.4, 0.5) is 10.5 Å². The summed E-state index contributed by atoms with van der Waals surface area (Å²) in [4.78, 5) is 47.9. The number of carbonyl (C=O) groups is 4. The Balaban J connectivity index is 1.50. The van der Waals surface area contributed by atoms with Gasteiger partial charge in [0.05, 0.1) is 24.6 Å². The standard InChI is InChI=1S/C21H19N3O7/c1-13-6-7-14(10-16(13)23-19(26)17-5-3-9-30-17)20(27)31-12-18(25)24-21(28)22-11-15-4-2-8-29-15/h2-10H,11-12H2,1H3,(H,23,26)(H2,22,24,25,28). The second-order valence-electron chi connectivity index (χ2n) is 6.35. The Morgan fingerprint density at radius 2 is 1.77 bits per heavy atom. The molecule has 1 aromatic carbocycles. The van der Waals surface area contributed by atoms with Crippen LogP contribution in [-0.4, -0.2) is 30.4 Å². The zero-order valence-electron chi connectivity index (χ0n) is 16.5. The van der Waals surface area contributed by atoms with E-state index in [9.17, 15) is 19.2 Å². The van der Waals surface area contributed by atoms with Gasteiger partial charge in [0.15, 0.2) is 12.4 Å². The summed E-state index contributed by atoms with van der Waals surface area (Å²) in [6.45, 7) is 1.19. The number of anilines is 1. The second-order valence-corrected chi connectivity index (χ2v) is 6.35. The van der Waals surface area contributed by atoms with Crippen molar-refractivity contribution in [2.45, 2.75) is 13.5 Å². The molecule has 0 aliphatic rings. The van der Waals surface area contributed by atoms with E-state index in [1.807, 2.05) is 5.32 Å². The van der Waals surface area contributed by atoms with Gasteiger partial charge >= 0.3 is 12.0 Å². The first-order chi connectivity index (χ1) is 14.9. The van der Waals surface area contributed by atoms with Crippen molar-refractivity contribution in [2.75, 3.05) is 11.9 Å². The number of esters is 1. The van der Waals surface area contributed by atoms with Crippen LogP contribution in [0.25, 0.3) is 0 Å². The smallest absolute Gasteiger partial charge is 0.338 e. The van der Waals surface area contributed by atoms with Crippen LogP contribution in [0.15, 0.2) is 63.8 Å². The van der Waals surface area contributed by atoms with E-state index >= 15 is 0 Å². The summed E-state index contributed by atoms with van der Waals surface area (Å²) in [6, 6.07) is 10.2. The topological polar surface area (TPSA) is 140 Å². The quantitative estimate of drug-likeness (QED) is 0.494. The van der Waals surface area contributed by atoms with Crippen LogP contribution in [0.3, 0.4) is 0 Å². The van der Waals surface area contributed by atoms with Crippen LogP contribution < -0.4 is 16.0 Å². The Morgan fingerprint density at radius 3 is 2.48 bits per heavy atom. The zero-order valence-corrected chi connectivity index (χ0v) is 16.5. The van der Waals surface area contributed by atoms with Crippen molar-refractivity contribution < 1.29 is 32.7 Å². The van der Waals surface area contributed by atoms with Gasteiger partial charge in [-0.15, -0.1) is 0 Å². The fourth-order valence-corrected chi connectivity index (χ4v) is 2.48. The van der Waals surface area contributed by atoms with Crippen molar-refractivity contribution in [2.24, 2.45) is 0 Å². The highest BCUT2D eigenvalue weighted by Gasteiger charge is 2.16. The van der Waals surface area contributed by atoms with E-state index in [4.69, 9.17) is 13.6 Å². The number of aryl methyl sites for hydroxylation is 1. The lowest BCUT2D eigenvalue weighted by Crippen LogP contribution is -2.41. The van der Waals surface area contributed by atoms with Crippen molar-refractivity contribution >= 4 is 29.5 Å². The number of amides is 4. The van der Waals surface area contributed by atoms with Crippen LogP contribution in [0.1, 0.15) is 32.2 Å². The molecule has 2 heterocycles. The molecule has 0 atom stereocenters. The zero-order chi connectivity index (χ0) is 22.2. The first kappa shape index (κ1) is 21.4. The van der Waals surface area contributed by atoms with Crippen molar-refractivity contribution in [1.29, 1.82) is 0 Å². The predicted octanol–water partition coefficient (Wildman–Crippen LogP) is 2.62. The predicted molar refractivity (Wildman–Crippen MR) is 107 cm³/mol. The fraction of sp³-hybridized carbons (Fsp3) is 0.143. The van der Waals surface area contributed by atoms with Crippen LogP contribution in [-0.2, 0) is 16.1 Å². The summed E-state index contributed by atoms with van der Waals surface area (Å²) in [5.41, 5.74) is 1.22. The molecule has 0 aliphatic carbocycles. The van der Waals surface area contributed by atoms with Crippen molar-refractivity contribution in [3.05, 3.63) is 77.6 Å². The molecule has 0 spiro atoms. The molecular formula is C21H19N3O7. The summed E-state index contributed by atoms with van der Waals surface area (Å²) in [6.07, 6.45) is 2.83. The van der Waals surface area contributed by atoms with Crippen molar-refractivity contribution in [3.63, 3.8) is 0 Å². The number of hydrogen-bond acceptors (Lipinski definition) is 7. The summed E-state index contributed by atoms with van der Waals surface area (Å²) >= 11 is 0. The van der Waals surface area contributed by atoms with Gasteiger partial charge in [0.2, 0.25) is 0 Å². The molecule has 0 unspecified atom stereocenters. The molecule has 0 saturated carbocycles. The molecule has 4 amide bonds. The van der Waals surface area contributed by atoms with Gasteiger partial charge in [0.1, 0.15) is 5.76 Å². The maximum absolute atomic E-state index is 12.2. The Kier molecular flexibility index (Phi) is 6.84.